The molecule has 1 saturated heterocycles. The molecule has 1 nitrogen and oxygen atoms in total. The summed E-state index contributed by atoms with van der Waals surface area (Å²) in [5.41, 5.74) is 3.10. The fraction of sp³-hybridized carbons (Fsp3) is 0.600. The molecular formula is C15H21N. The molecule has 1 aromatic rings. The van der Waals surface area contributed by atoms with Crippen molar-refractivity contribution in [2.45, 2.75) is 50.5 Å². The van der Waals surface area contributed by atoms with Gasteiger partial charge in [-0.05, 0) is 49.3 Å². The first-order valence-corrected chi connectivity index (χ1v) is 6.77. The summed E-state index contributed by atoms with van der Waals surface area (Å²) in [4.78, 5) is 0. The van der Waals surface area contributed by atoms with Crippen LogP contribution in [-0.2, 0) is 0 Å². The van der Waals surface area contributed by atoms with Crippen molar-refractivity contribution < 1.29 is 0 Å². The predicted molar refractivity (Wildman–Crippen MR) is 67.6 cm³/mol. The summed E-state index contributed by atoms with van der Waals surface area (Å²) in [5.74, 6) is 0.864. The molecule has 1 N–H and O–H groups in total. The lowest BCUT2D eigenvalue weighted by Crippen LogP contribution is -2.26. The van der Waals surface area contributed by atoms with E-state index in [1.165, 1.54) is 50.6 Å². The van der Waals surface area contributed by atoms with Crippen LogP contribution in [0.15, 0.2) is 24.3 Å². The minimum atomic E-state index is 0.619. The van der Waals surface area contributed by atoms with Crippen LogP contribution in [0.5, 0.6) is 0 Å². The first kappa shape index (κ1) is 10.3. The van der Waals surface area contributed by atoms with E-state index in [-0.39, 0.29) is 0 Å². The maximum Gasteiger partial charge on any atom is 0.0320 e. The van der Waals surface area contributed by atoms with Crippen LogP contribution < -0.4 is 5.32 Å². The molecule has 2 fully saturated rings. The summed E-state index contributed by atoms with van der Waals surface area (Å²) in [7, 11) is 0. The van der Waals surface area contributed by atoms with Gasteiger partial charge in [-0.15, -0.1) is 0 Å². The molecule has 1 saturated carbocycles. The van der Waals surface area contributed by atoms with Gasteiger partial charge in [-0.25, -0.2) is 0 Å². The van der Waals surface area contributed by atoms with Crippen molar-refractivity contribution in [3.8, 4) is 0 Å². The van der Waals surface area contributed by atoms with Crippen LogP contribution in [0.1, 0.15) is 61.6 Å². The molecule has 16 heavy (non-hydrogen) atoms. The summed E-state index contributed by atoms with van der Waals surface area (Å²) in [6.45, 7) is 1.19. The van der Waals surface area contributed by atoms with Gasteiger partial charge in [0.1, 0.15) is 0 Å². The summed E-state index contributed by atoms with van der Waals surface area (Å²) in [6, 6.07) is 9.93. The monoisotopic (exact) mass is 215 g/mol. The molecule has 0 bridgehead atoms. The molecule has 0 radical (unpaired) electrons. The lowest BCUT2D eigenvalue weighted by atomic mass is 9.79. The van der Waals surface area contributed by atoms with Gasteiger partial charge in [-0.1, -0.05) is 37.1 Å². The number of benzene rings is 1. The predicted octanol–water partition coefficient (Wildman–Crippen LogP) is 3.77. The summed E-state index contributed by atoms with van der Waals surface area (Å²) in [6.07, 6.45) is 8.28. The van der Waals surface area contributed by atoms with Crippen LogP contribution in [0.25, 0.3) is 0 Å². The second-order valence-electron chi connectivity index (χ2n) is 5.30. The van der Waals surface area contributed by atoms with E-state index in [1.807, 2.05) is 0 Å². The summed E-state index contributed by atoms with van der Waals surface area (Å²) in [5, 5.41) is 3.64. The smallest absolute Gasteiger partial charge is 0.0320 e. The van der Waals surface area contributed by atoms with Crippen molar-refractivity contribution in [1.82, 2.24) is 5.32 Å². The highest BCUT2D eigenvalue weighted by molar-refractivity contribution is 5.29. The molecule has 1 atom stereocenters. The quantitative estimate of drug-likeness (QED) is 0.792. The van der Waals surface area contributed by atoms with Gasteiger partial charge in [0, 0.05) is 6.04 Å². The van der Waals surface area contributed by atoms with Crippen molar-refractivity contribution in [3.63, 3.8) is 0 Å². The molecule has 2 aliphatic rings. The maximum atomic E-state index is 3.64. The van der Waals surface area contributed by atoms with E-state index in [1.54, 1.807) is 5.56 Å². The summed E-state index contributed by atoms with van der Waals surface area (Å²) >= 11 is 0. The average molecular weight is 215 g/mol. The van der Waals surface area contributed by atoms with Gasteiger partial charge in [-0.2, -0.15) is 0 Å². The molecule has 86 valence electrons. The van der Waals surface area contributed by atoms with Crippen LogP contribution in [-0.4, -0.2) is 6.54 Å². The Hall–Kier alpha value is -0.820. The molecule has 1 aromatic carbocycles. The van der Waals surface area contributed by atoms with Crippen LogP contribution in [0.4, 0.5) is 0 Å². The Kier molecular flexibility index (Phi) is 2.96. The SMILES string of the molecule is c1cc(C2CCC2)cc(C2CCCCN2)c1. The Balaban J connectivity index is 1.77. The van der Waals surface area contributed by atoms with Gasteiger partial charge in [-0.3, -0.25) is 0 Å². The largest absolute Gasteiger partial charge is 0.310 e. The fourth-order valence-electron chi connectivity index (χ4n) is 2.91. The van der Waals surface area contributed by atoms with E-state index in [9.17, 15) is 0 Å². The second-order valence-corrected chi connectivity index (χ2v) is 5.30. The molecule has 1 unspecified atom stereocenters. The number of piperidine rings is 1. The molecule has 1 heteroatoms. The average Bonchev–Trinajstić information content (AvgIpc) is 2.28. The third-order valence-electron chi connectivity index (χ3n) is 4.20. The number of hydrogen-bond donors (Lipinski definition) is 1. The van der Waals surface area contributed by atoms with E-state index in [0.29, 0.717) is 6.04 Å². The highest BCUT2D eigenvalue weighted by Gasteiger charge is 2.21. The van der Waals surface area contributed by atoms with Gasteiger partial charge >= 0.3 is 0 Å². The van der Waals surface area contributed by atoms with Crippen LogP contribution in [0.2, 0.25) is 0 Å². The van der Waals surface area contributed by atoms with Gasteiger partial charge in [0.15, 0.2) is 0 Å². The number of rotatable bonds is 2. The zero-order valence-electron chi connectivity index (χ0n) is 9.91. The van der Waals surface area contributed by atoms with E-state index in [0.717, 1.165) is 5.92 Å². The zero-order valence-corrected chi connectivity index (χ0v) is 9.91. The van der Waals surface area contributed by atoms with Gasteiger partial charge < -0.3 is 5.32 Å². The highest BCUT2D eigenvalue weighted by Crippen LogP contribution is 2.37. The zero-order chi connectivity index (χ0) is 10.8. The second kappa shape index (κ2) is 4.58. The summed E-state index contributed by atoms with van der Waals surface area (Å²) < 4.78 is 0. The van der Waals surface area contributed by atoms with Crippen LogP contribution >= 0.6 is 0 Å². The lowest BCUT2D eigenvalue weighted by molar-refractivity contribution is 0.406. The molecule has 1 aliphatic carbocycles. The van der Waals surface area contributed by atoms with Crippen LogP contribution in [0.3, 0.4) is 0 Å². The molecule has 3 rings (SSSR count). The molecule has 0 aromatic heterocycles. The van der Waals surface area contributed by atoms with Crippen molar-refractivity contribution >= 4 is 0 Å². The molecule has 1 aliphatic heterocycles. The minimum absolute atomic E-state index is 0.619. The Bertz CT molecular complexity index is 348. The molecule has 0 amide bonds. The van der Waals surface area contributed by atoms with E-state index >= 15 is 0 Å². The fourth-order valence-corrected chi connectivity index (χ4v) is 2.91. The Morgan fingerprint density at radius 2 is 1.81 bits per heavy atom. The third kappa shape index (κ3) is 2.01. The van der Waals surface area contributed by atoms with Crippen molar-refractivity contribution in [3.05, 3.63) is 35.4 Å². The molecular weight excluding hydrogens is 194 g/mol. The Morgan fingerprint density at radius 1 is 0.938 bits per heavy atom. The number of nitrogens with one attached hydrogen (secondary N) is 1. The Labute approximate surface area is 98.3 Å². The van der Waals surface area contributed by atoms with Gasteiger partial charge in [0.05, 0.1) is 0 Å². The lowest BCUT2D eigenvalue weighted by Gasteiger charge is -2.28. The van der Waals surface area contributed by atoms with Gasteiger partial charge in [0.25, 0.3) is 0 Å². The highest BCUT2D eigenvalue weighted by atomic mass is 14.9. The van der Waals surface area contributed by atoms with Crippen molar-refractivity contribution in [2.75, 3.05) is 6.54 Å². The molecule has 0 spiro atoms. The first-order chi connectivity index (χ1) is 7.93. The van der Waals surface area contributed by atoms with Crippen LogP contribution in [0, 0.1) is 0 Å². The third-order valence-corrected chi connectivity index (χ3v) is 4.20. The first-order valence-electron chi connectivity index (χ1n) is 6.77. The normalized spacial score (nSPS) is 26.4. The van der Waals surface area contributed by atoms with E-state index < -0.39 is 0 Å². The topological polar surface area (TPSA) is 12.0 Å². The standard InChI is InChI=1S/C15H21N/c1-2-10-16-15(9-1)14-8-4-7-13(11-14)12-5-3-6-12/h4,7-8,11-12,15-16H,1-3,5-6,9-10H2. The van der Waals surface area contributed by atoms with E-state index in [4.69, 9.17) is 0 Å². The Morgan fingerprint density at radius 3 is 2.50 bits per heavy atom. The van der Waals surface area contributed by atoms with Gasteiger partial charge in [0.2, 0.25) is 0 Å². The molecule has 1 heterocycles. The van der Waals surface area contributed by atoms with Crippen molar-refractivity contribution in [2.24, 2.45) is 0 Å². The maximum absolute atomic E-state index is 3.64. The van der Waals surface area contributed by atoms with Crippen molar-refractivity contribution in [1.29, 1.82) is 0 Å². The minimum Gasteiger partial charge on any atom is -0.310 e. The number of hydrogen-bond acceptors (Lipinski definition) is 1. The van der Waals surface area contributed by atoms with E-state index in [2.05, 4.69) is 29.6 Å².